The standard InChI is InChI=1S/C7H6O5.C5H14NO/c8-4-1-3(7(11)12)2-5(9)6(4)10;1-6(2,3)4-5-7/h1-2,8-10H,(H,11,12);7H,4-5H2,1-3H3/q;+1/p-1. The molecule has 0 spiro atoms. The van der Waals surface area contributed by atoms with Crippen LogP contribution in [0.4, 0.5) is 0 Å². The van der Waals surface area contributed by atoms with Gasteiger partial charge < -0.3 is 30.0 Å². The highest BCUT2D eigenvalue weighted by molar-refractivity contribution is 5.89. The maximum absolute atomic E-state index is 10.7. The lowest BCUT2D eigenvalue weighted by molar-refractivity contribution is -0.870. The second kappa shape index (κ2) is 6.81. The number of hydrogen-bond donors (Lipinski definition) is 4. The van der Waals surface area contributed by atoms with Crippen LogP contribution in [0, 0.1) is 0 Å². The number of phenolic OH excluding ortho intramolecular Hbond substituents is 2. The molecule has 7 nitrogen and oxygen atoms in total. The third kappa shape index (κ3) is 6.49. The molecule has 0 radical (unpaired) electrons. The Bertz CT molecular complexity index is 415. The lowest BCUT2D eigenvalue weighted by Gasteiger charge is -2.21. The van der Waals surface area contributed by atoms with Gasteiger partial charge in [-0.25, -0.2) is 4.79 Å². The van der Waals surface area contributed by atoms with Crippen molar-refractivity contribution in [3.63, 3.8) is 0 Å². The number of carboxylic acids is 1. The average molecular weight is 273 g/mol. The van der Waals surface area contributed by atoms with Crippen molar-refractivity contribution in [2.45, 2.75) is 0 Å². The van der Waals surface area contributed by atoms with E-state index in [1.165, 1.54) is 0 Å². The van der Waals surface area contributed by atoms with E-state index < -0.39 is 23.2 Å². The first kappa shape index (κ1) is 17.0. The van der Waals surface area contributed by atoms with Gasteiger partial charge >= 0.3 is 5.97 Å². The zero-order valence-electron chi connectivity index (χ0n) is 11.1. The van der Waals surface area contributed by atoms with E-state index in [2.05, 4.69) is 21.1 Å². The Kier molecular flexibility index (Phi) is 6.10. The van der Waals surface area contributed by atoms with Crippen LogP contribution < -0.4 is 5.11 Å². The van der Waals surface area contributed by atoms with Gasteiger partial charge in [0.2, 0.25) is 0 Å². The third-order valence-electron chi connectivity index (χ3n) is 2.07. The Morgan fingerprint density at radius 3 is 1.84 bits per heavy atom. The Labute approximate surface area is 111 Å². The van der Waals surface area contributed by atoms with Crippen LogP contribution >= 0.6 is 0 Å². The van der Waals surface area contributed by atoms with Gasteiger partial charge in [-0.1, -0.05) is 0 Å². The molecule has 0 heterocycles. The number of phenols is 2. The molecule has 1 rings (SSSR count). The highest BCUT2D eigenvalue weighted by atomic mass is 16.4. The summed E-state index contributed by atoms with van der Waals surface area (Å²) in [6.45, 7) is 1.11. The minimum absolute atomic E-state index is 0.281. The molecule has 0 bridgehead atoms. The molecule has 0 aliphatic carbocycles. The van der Waals surface area contributed by atoms with Gasteiger partial charge in [-0.2, -0.15) is 0 Å². The third-order valence-corrected chi connectivity index (χ3v) is 2.07. The average Bonchev–Trinajstić information content (AvgIpc) is 2.24. The van der Waals surface area contributed by atoms with Crippen molar-refractivity contribution < 1.29 is 34.8 Å². The van der Waals surface area contributed by atoms with Crippen LogP contribution in [0.2, 0.25) is 0 Å². The SMILES string of the molecule is C[N+](C)(C)CCO.O=C(O)c1cc(O)c([O-])c(O)c1. The van der Waals surface area contributed by atoms with Gasteiger partial charge in [-0.15, -0.1) is 0 Å². The smallest absolute Gasteiger partial charge is 0.335 e. The monoisotopic (exact) mass is 273 g/mol. The summed E-state index contributed by atoms with van der Waals surface area (Å²) < 4.78 is 0.844. The van der Waals surface area contributed by atoms with E-state index in [4.69, 9.17) is 20.4 Å². The highest BCUT2D eigenvalue weighted by Gasteiger charge is 2.07. The molecule has 0 unspecified atom stereocenters. The van der Waals surface area contributed by atoms with Crippen molar-refractivity contribution in [2.75, 3.05) is 34.3 Å². The number of carboxylic acid groups (broad SMARTS) is 1. The number of quaternary nitrogens is 1. The van der Waals surface area contributed by atoms with E-state index in [1.807, 2.05) is 0 Å². The van der Waals surface area contributed by atoms with Gasteiger partial charge in [-0.3, -0.25) is 0 Å². The number of rotatable bonds is 3. The van der Waals surface area contributed by atoms with E-state index in [0.717, 1.165) is 23.2 Å². The van der Waals surface area contributed by atoms with E-state index >= 15 is 0 Å². The molecule has 0 amide bonds. The molecule has 0 aliphatic rings. The number of carbonyl (C=O) groups is 1. The van der Waals surface area contributed by atoms with Crippen molar-refractivity contribution in [3.05, 3.63) is 17.7 Å². The minimum atomic E-state index is -1.32. The van der Waals surface area contributed by atoms with E-state index in [9.17, 15) is 9.90 Å². The van der Waals surface area contributed by atoms with Crippen LogP contribution in [0.25, 0.3) is 0 Å². The molecule has 0 atom stereocenters. The number of benzene rings is 1. The summed E-state index contributed by atoms with van der Waals surface area (Å²) in [5, 5.41) is 45.0. The fourth-order valence-corrected chi connectivity index (χ4v) is 1.02. The predicted molar refractivity (Wildman–Crippen MR) is 66.2 cm³/mol. The number of aromatic carboxylic acids is 1. The molecular formula is C12H19NO6. The van der Waals surface area contributed by atoms with Crippen molar-refractivity contribution in [1.29, 1.82) is 0 Å². The molecule has 0 aromatic heterocycles. The Balaban J connectivity index is 0.000000399. The first-order valence-corrected chi connectivity index (χ1v) is 5.46. The lowest BCUT2D eigenvalue weighted by Crippen LogP contribution is -2.36. The van der Waals surface area contributed by atoms with Crippen molar-refractivity contribution >= 4 is 5.97 Å². The van der Waals surface area contributed by atoms with Crippen LogP contribution in [0.1, 0.15) is 10.4 Å². The van der Waals surface area contributed by atoms with E-state index in [0.29, 0.717) is 0 Å². The van der Waals surface area contributed by atoms with Gasteiger partial charge in [0.1, 0.15) is 18.0 Å². The highest BCUT2D eigenvalue weighted by Crippen LogP contribution is 2.32. The first-order valence-electron chi connectivity index (χ1n) is 5.46. The summed E-state index contributed by atoms with van der Waals surface area (Å²) in [4.78, 5) is 10.3. The largest absolute Gasteiger partial charge is 0.867 e. The van der Waals surface area contributed by atoms with Gasteiger partial charge in [0.05, 0.1) is 33.3 Å². The molecule has 0 saturated heterocycles. The van der Waals surface area contributed by atoms with Crippen molar-refractivity contribution in [2.24, 2.45) is 0 Å². The fraction of sp³-hybridized carbons (Fsp3) is 0.417. The number of aliphatic hydroxyl groups excluding tert-OH is 1. The summed E-state index contributed by atoms with van der Waals surface area (Å²) in [6, 6.07) is 1.56. The van der Waals surface area contributed by atoms with Gasteiger partial charge in [0, 0.05) is 0 Å². The van der Waals surface area contributed by atoms with Gasteiger partial charge in [0.25, 0.3) is 0 Å². The first-order chi connectivity index (χ1) is 8.58. The second-order valence-electron chi connectivity index (χ2n) is 4.89. The van der Waals surface area contributed by atoms with E-state index in [-0.39, 0.29) is 12.2 Å². The van der Waals surface area contributed by atoms with Crippen LogP contribution in [-0.2, 0) is 0 Å². The maximum atomic E-state index is 10.7. The molecular weight excluding hydrogens is 254 g/mol. The second-order valence-corrected chi connectivity index (χ2v) is 4.89. The lowest BCUT2D eigenvalue weighted by atomic mass is 10.2. The molecule has 7 heteroatoms. The number of hydrogen-bond acceptors (Lipinski definition) is 5. The summed E-state index contributed by atoms with van der Waals surface area (Å²) in [6.07, 6.45) is 0. The molecule has 0 fully saturated rings. The number of aliphatic hydroxyl groups is 1. The summed E-state index contributed by atoms with van der Waals surface area (Å²) in [5.74, 6) is -3.83. The molecule has 19 heavy (non-hydrogen) atoms. The molecule has 1 aromatic carbocycles. The zero-order chi connectivity index (χ0) is 15.2. The van der Waals surface area contributed by atoms with Crippen molar-refractivity contribution in [3.8, 4) is 17.2 Å². The predicted octanol–water partition coefficient (Wildman–Crippen LogP) is -0.445. The van der Waals surface area contributed by atoms with Crippen LogP contribution in [-0.4, -0.2) is 65.2 Å². The fourth-order valence-electron chi connectivity index (χ4n) is 1.02. The Morgan fingerprint density at radius 1 is 1.21 bits per heavy atom. The van der Waals surface area contributed by atoms with Crippen LogP contribution in [0.15, 0.2) is 12.1 Å². The summed E-state index contributed by atoms with van der Waals surface area (Å²) in [7, 11) is 6.16. The molecule has 0 saturated carbocycles. The number of aromatic hydroxyl groups is 2. The van der Waals surface area contributed by atoms with Gasteiger partial charge in [-0.05, 0) is 17.9 Å². The normalized spacial score (nSPS) is 10.5. The molecule has 1 aromatic rings. The Morgan fingerprint density at radius 2 is 1.63 bits per heavy atom. The number of likely N-dealkylation sites (N-methyl/N-ethyl adjacent to an activating group) is 1. The molecule has 108 valence electrons. The van der Waals surface area contributed by atoms with Crippen LogP contribution in [0.5, 0.6) is 17.2 Å². The molecule has 0 aliphatic heterocycles. The minimum Gasteiger partial charge on any atom is -0.867 e. The van der Waals surface area contributed by atoms with Crippen molar-refractivity contribution in [1.82, 2.24) is 0 Å². The molecule has 4 N–H and O–H groups in total. The van der Waals surface area contributed by atoms with Gasteiger partial charge in [0.15, 0.2) is 0 Å². The topological polar surface area (TPSA) is 121 Å². The summed E-state index contributed by atoms with van der Waals surface area (Å²) in [5.41, 5.74) is -0.329. The van der Waals surface area contributed by atoms with Crippen LogP contribution in [0.3, 0.4) is 0 Å². The maximum Gasteiger partial charge on any atom is 0.335 e. The Hall–Kier alpha value is -1.99. The quantitative estimate of drug-likeness (QED) is 0.554. The number of nitrogens with zero attached hydrogens (tertiary/aromatic N) is 1. The summed E-state index contributed by atoms with van der Waals surface area (Å²) >= 11 is 0. The zero-order valence-corrected chi connectivity index (χ0v) is 11.1. The van der Waals surface area contributed by atoms with E-state index in [1.54, 1.807) is 0 Å².